The van der Waals surface area contributed by atoms with Crippen molar-refractivity contribution in [2.45, 2.75) is 12.6 Å². The molecule has 1 fully saturated rings. The molecular weight excluding hydrogens is 333 g/mol. The van der Waals surface area contributed by atoms with E-state index in [9.17, 15) is 13.2 Å². The van der Waals surface area contributed by atoms with Gasteiger partial charge in [-0.05, 0) is 18.2 Å². The molecular formula is C16H19F3N6. The summed E-state index contributed by atoms with van der Waals surface area (Å²) in [6, 6.07) is 5.49. The van der Waals surface area contributed by atoms with Crippen LogP contribution < -0.4 is 10.6 Å². The van der Waals surface area contributed by atoms with Gasteiger partial charge in [-0.2, -0.15) is 18.3 Å². The van der Waals surface area contributed by atoms with E-state index >= 15 is 0 Å². The molecule has 1 aliphatic rings. The molecule has 134 valence electrons. The van der Waals surface area contributed by atoms with Crippen LogP contribution >= 0.6 is 0 Å². The molecule has 1 aromatic heterocycles. The van der Waals surface area contributed by atoms with Crippen molar-refractivity contribution in [1.82, 2.24) is 20.1 Å². The third kappa shape index (κ3) is 4.56. The second-order valence-corrected chi connectivity index (χ2v) is 5.93. The summed E-state index contributed by atoms with van der Waals surface area (Å²) >= 11 is 0. The number of alkyl halides is 3. The molecule has 0 amide bonds. The van der Waals surface area contributed by atoms with E-state index < -0.39 is 11.7 Å². The molecule has 1 aliphatic heterocycles. The van der Waals surface area contributed by atoms with Crippen LogP contribution in [0.5, 0.6) is 0 Å². The minimum Gasteiger partial charge on any atom is -0.369 e. The standard InChI is InChI=1S/C16H19F3N6/c17-16(18,19)12-2-1-3-14(10-12)25-8-6-24(7-9-25)5-4-13-11-21-23-15(20)22-13/h1-3,10-11H,4-9H2,(H2,20,22,23). The van der Waals surface area contributed by atoms with Crippen LogP contribution in [0.15, 0.2) is 30.5 Å². The Morgan fingerprint density at radius 1 is 1.12 bits per heavy atom. The largest absolute Gasteiger partial charge is 0.416 e. The number of anilines is 2. The Morgan fingerprint density at radius 3 is 2.56 bits per heavy atom. The van der Waals surface area contributed by atoms with Crippen LogP contribution in [0.1, 0.15) is 11.3 Å². The zero-order valence-electron chi connectivity index (χ0n) is 13.6. The lowest BCUT2D eigenvalue weighted by atomic mass is 10.1. The minimum absolute atomic E-state index is 0.159. The predicted octanol–water partition coefficient (Wildman–Crippen LogP) is 1.84. The maximum absolute atomic E-state index is 12.8. The summed E-state index contributed by atoms with van der Waals surface area (Å²) in [7, 11) is 0. The molecule has 0 unspecified atom stereocenters. The molecule has 6 nitrogen and oxygen atoms in total. The lowest BCUT2D eigenvalue weighted by Crippen LogP contribution is -2.47. The van der Waals surface area contributed by atoms with E-state index in [1.165, 1.54) is 12.1 Å². The van der Waals surface area contributed by atoms with Crippen LogP contribution in [0.3, 0.4) is 0 Å². The summed E-state index contributed by atoms with van der Waals surface area (Å²) in [5, 5.41) is 7.39. The van der Waals surface area contributed by atoms with E-state index in [-0.39, 0.29) is 5.95 Å². The van der Waals surface area contributed by atoms with Gasteiger partial charge >= 0.3 is 6.18 Å². The Balaban J connectivity index is 1.53. The molecule has 0 atom stereocenters. The van der Waals surface area contributed by atoms with Crippen molar-refractivity contribution in [1.29, 1.82) is 0 Å². The third-order valence-electron chi connectivity index (χ3n) is 4.22. The zero-order chi connectivity index (χ0) is 17.9. The van der Waals surface area contributed by atoms with Crippen molar-refractivity contribution < 1.29 is 13.2 Å². The summed E-state index contributed by atoms with van der Waals surface area (Å²) < 4.78 is 38.5. The van der Waals surface area contributed by atoms with Gasteiger partial charge in [-0.3, -0.25) is 4.90 Å². The van der Waals surface area contributed by atoms with E-state index in [0.717, 1.165) is 31.4 Å². The average Bonchev–Trinajstić information content (AvgIpc) is 2.60. The topological polar surface area (TPSA) is 71.2 Å². The summed E-state index contributed by atoms with van der Waals surface area (Å²) in [6.07, 6.45) is -2.01. The summed E-state index contributed by atoms with van der Waals surface area (Å²) in [5.41, 5.74) is 6.30. The number of nitrogens with zero attached hydrogens (tertiary/aromatic N) is 5. The highest BCUT2D eigenvalue weighted by molar-refractivity contribution is 5.49. The van der Waals surface area contributed by atoms with Crippen molar-refractivity contribution in [2.24, 2.45) is 0 Å². The van der Waals surface area contributed by atoms with Gasteiger partial charge < -0.3 is 10.6 Å². The molecule has 2 N–H and O–H groups in total. The molecule has 0 bridgehead atoms. The van der Waals surface area contributed by atoms with Gasteiger partial charge in [0.25, 0.3) is 0 Å². The fourth-order valence-electron chi connectivity index (χ4n) is 2.85. The highest BCUT2D eigenvalue weighted by atomic mass is 19.4. The van der Waals surface area contributed by atoms with Gasteiger partial charge in [0.2, 0.25) is 5.95 Å². The van der Waals surface area contributed by atoms with Crippen LogP contribution in [0.25, 0.3) is 0 Å². The van der Waals surface area contributed by atoms with Gasteiger partial charge in [-0.25, -0.2) is 4.98 Å². The maximum Gasteiger partial charge on any atom is 0.416 e. The van der Waals surface area contributed by atoms with E-state index in [4.69, 9.17) is 5.73 Å². The Kier molecular flexibility index (Phi) is 5.03. The van der Waals surface area contributed by atoms with Crippen molar-refractivity contribution in [3.05, 3.63) is 41.7 Å². The van der Waals surface area contributed by atoms with Gasteiger partial charge in [-0.15, -0.1) is 5.10 Å². The monoisotopic (exact) mass is 352 g/mol. The van der Waals surface area contributed by atoms with E-state index in [1.54, 1.807) is 12.3 Å². The molecule has 9 heteroatoms. The molecule has 3 rings (SSSR count). The molecule has 0 spiro atoms. The number of nitrogens with two attached hydrogens (primary N) is 1. The Labute approximate surface area is 143 Å². The lowest BCUT2D eigenvalue weighted by Gasteiger charge is -2.36. The first-order valence-electron chi connectivity index (χ1n) is 8.00. The number of hydrogen-bond acceptors (Lipinski definition) is 6. The summed E-state index contributed by atoms with van der Waals surface area (Å²) in [6.45, 7) is 3.74. The van der Waals surface area contributed by atoms with Crippen molar-refractivity contribution >= 4 is 11.6 Å². The average molecular weight is 352 g/mol. The molecule has 2 aromatic rings. The van der Waals surface area contributed by atoms with E-state index in [2.05, 4.69) is 20.1 Å². The van der Waals surface area contributed by atoms with Gasteiger partial charge in [0, 0.05) is 44.8 Å². The quantitative estimate of drug-likeness (QED) is 0.905. The first-order valence-corrected chi connectivity index (χ1v) is 8.00. The molecule has 2 heterocycles. The Hall–Kier alpha value is -2.42. The van der Waals surface area contributed by atoms with Crippen LogP contribution in [0, 0.1) is 0 Å². The number of piperazine rings is 1. The normalized spacial score (nSPS) is 16.2. The van der Waals surface area contributed by atoms with Crippen molar-refractivity contribution in [3.8, 4) is 0 Å². The summed E-state index contributed by atoms with van der Waals surface area (Å²) in [5.74, 6) is 0.159. The predicted molar refractivity (Wildman–Crippen MR) is 88.0 cm³/mol. The van der Waals surface area contributed by atoms with Crippen LogP contribution in [0.4, 0.5) is 24.8 Å². The van der Waals surface area contributed by atoms with E-state index in [1.807, 2.05) is 4.90 Å². The van der Waals surface area contributed by atoms with Gasteiger partial charge in [-0.1, -0.05) is 6.07 Å². The second kappa shape index (κ2) is 7.22. The van der Waals surface area contributed by atoms with Crippen LogP contribution in [-0.2, 0) is 12.6 Å². The second-order valence-electron chi connectivity index (χ2n) is 5.93. The van der Waals surface area contributed by atoms with E-state index in [0.29, 0.717) is 25.2 Å². The van der Waals surface area contributed by atoms with Crippen molar-refractivity contribution in [3.63, 3.8) is 0 Å². The zero-order valence-corrected chi connectivity index (χ0v) is 13.6. The number of rotatable bonds is 4. The third-order valence-corrected chi connectivity index (χ3v) is 4.22. The highest BCUT2D eigenvalue weighted by Crippen LogP contribution is 2.31. The molecule has 1 aromatic carbocycles. The number of nitrogen functional groups attached to an aromatic ring is 1. The number of aromatic nitrogens is 3. The van der Waals surface area contributed by atoms with Crippen molar-refractivity contribution in [2.75, 3.05) is 43.4 Å². The maximum atomic E-state index is 12.8. The SMILES string of the molecule is Nc1nncc(CCN2CCN(c3cccc(C(F)(F)F)c3)CC2)n1. The molecule has 0 aliphatic carbocycles. The number of halogens is 3. The van der Waals surface area contributed by atoms with Crippen LogP contribution in [0.2, 0.25) is 0 Å². The Morgan fingerprint density at radius 2 is 1.88 bits per heavy atom. The molecule has 0 radical (unpaired) electrons. The lowest BCUT2D eigenvalue weighted by molar-refractivity contribution is -0.137. The van der Waals surface area contributed by atoms with Crippen LogP contribution in [-0.4, -0.2) is 52.8 Å². The summed E-state index contributed by atoms with van der Waals surface area (Å²) in [4.78, 5) is 8.35. The number of hydrogen-bond donors (Lipinski definition) is 1. The van der Waals surface area contributed by atoms with Gasteiger partial charge in [0.1, 0.15) is 0 Å². The fraction of sp³-hybridized carbons (Fsp3) is 0.438. The fourth-order valence-corrected chi connectivity index (χ4v) is 2.85. The van der Waals surface area contributed by atoms with Gasteiger partial charge in [0.15, 0.2) is 0 Å². The van der Waals surface area contributed by atoms with Gasteiger partial charge in [0.05, 0.1) is 17.5 Å². The first kappa shape index (κ1) is 17.4. The highest BCUT2D eigenvalue weighted by Gasteiger charge is 2.31. The molecule has 1 saturated heterocycles. The molecule has 0 saturated carbocycles. The smallest absolute Gasteiger partial charge is 0.369 e. The number of benzene rings is 1. The molecule has 25 heavy (non-hydrogen) atoms. The first-order chi connectivity index (χ1) is 11.9. The minimum atomic E-state index is -4.31. The Bertz CT molecular complexity index is 713.